The number of thioether (sulfide) groups is 1. The maximum absolute atomic E-state index is 15.9. The summed E-state index contributed by atoms with van der Waals surface area (Å²) in [6, 6.07) is 16.7. The molecule has 3 aliphatic heterocycles. The lowest BCUT2D eigenvalue weighted by Gasteiger charge is -2.38. The van der Waals surface area contributed by atoms with Crippen LogP contribution in [0.15, 0.2) is 158 Å². The van der Waals surface area contributed by atoms with Gasteiger partial charge in [0.2, 0.25) is 88.6 Å². The Labute approximate surface area is 801 Å². The third-order valence-electron chi connectivity index (χ3n) is 24.6. The minimum absolute atomic E-state index is 0.0268. The number of ether oxygens (including phenoxy) is 1. The molecule has 0 bridgehead atoms. The van der Waals surface area contributed by atoms with Crippen molar-refractivity contribution in [3.05, 3.63) is 203 Å². The number of carboxylic acids is 1. The van der Waals surface area contributed by atoms with E-state index in [9.17, 15) is 48.8 Å². The summed E-state index contributed by atoms with van der Waals surface area (Å²) >= 11 is 0.711. The highest BCUT2D eigenvalue weighted by atomic mass is 32.2. The number of phenolic OH excluding ortho intramolecular Hbond substituents is 1. The van der Waals surface area contributed by atoms with Gasteiger partial charge in [0.1, 0.15) is 90.0 Å². The maximum Gasteiger partial charge on any atom is 0.305 e. The van der Waals surface area contributed by atoms with Crippen molar-refractivity contribution < 1.29 is 111 Å². The van der Waals surface area contributed by atoms with E-state index in [0.717, 1.165) is 42.7 Å². The van der Waals surface area contributed by atoms with Crippen molar-refractivity contribution in [3.63, 3.8) is 0 Å². The van der Waals surface area contributed by atoms with Crippen LogP contribution < -0.4 is 58.3 Å². The van der Waals surface area contributed by atoms with E-state index in [1.807, 2.05) is 0 Å². The van der Waals surface area contributed by atoms with Gasteiger partial charge < -0.3 is 108 Å². The van der Waals surface area contributed by atoms with E-state index in [2.05, 4.69) is 52.8 Å². The topological polar surface area (TPSA) is 530 Å². The van der Waals surface area contributed by atoms with E-state index in [-0.39, 0.29) is 62.7 Å². The fourth-order valence-electron chi connectivity index (χ4n) is 17.1. The van der Waals surface area contributed by atoms with Crippen LogP contribution in [0.25, 0.3) is 10.9 Å². The number of benzene rings is 6. The van der Waals surface area contributed by atoms with Crippen molar-refractivity contribution in [2.24, 2.45) is 17.6 Å². The quantitative estimate of drug-likeness (QED) is 0.0411. The summed E-state index contributed by atoms with van der Waals surface area (Å²) in [5, 5.41) is 68.4. The van der Waals surface area contributed by atoms with Crippen LogP contribution in [0, 0.1) is 23.5 Å². The first-order valence-corrected chi connectivity index (χ1v) is 46.9. The van der Waals surface area contributed by atoms with Crippen molar-refractivity contribution in [2.75, 3.05) is 59.4 Å². The summed E-state index contributed by atoms with van der Waals surface area (Å²) < 4.78 is 35.3. The Morgan fingerprint density at radius 1 is 0.514 bits per heavy atom. The number of H-pyrrole nitrogens is 1. The molecule has 3 aliphatic rings. The second-order valence-corrected chi connectivity index (χ2v) is 36.8. The number of hydrogen-bond acceptors (Lipinski definition) is 21. The summed E-state index contributed by atoms with van der Waals surface area (Å²) in [4.78, 5) is 248. The Hall–Kier alpha value is -13.9. The van der Waals surface area contributed by atoms with Crippen LogP contribution in [0.4, 0.5) is 8.78 Å². The van der Waals surface area contributed by atoms with Gasteiger partial charge in [0.05, 0.1) is 38.0 Å². The molecule has 0 spiro atoms. The molecule has 3 saturated heterocycles. The molecule has 1 unspecified atom stereocenters. The third-order valence-corrected chi connectivity index (χ3v) is 25.6. The minimum atomic E-state index is -2.03. The number of nitrogens with one attached hydrogen (secondary N) is 10. The van der Waals surface area contributed by atoms with Gasteiger partial charge in [-0.25, -0.2) is 8.78 Å². The first-order chi connectivity index (χ1) is 65.7. The number of halogens is 2. The molecule has 40 heteroatoms. The normalized spacial score (nSPS) is 24.2. The minimum Gasteiger partial charge on any atom is -0.508 e. The molecule has 7 aromatic rings. The number of amides is 15. The number of methoxy groups -OCH3 is 1. The highest BCUT2D eigenvalue weighted by molar-refractivity contribution is 8.00. The largest absolute Gasteiger partial charge is 0.508 e. The highest BCUT2D eigenvalue weighted by Crippen LogP contribution is 2.29. The van der Waals surface area contributed by atoms with Crippen molar-refractivity contribution in [1.29, 1.82) is 0 Å². The highest BCUT2D eigenvalue weighted by Gasteiger charge is 2.48. The van der Waals surface area contributed by atoms with Crippen molar-refractivity contribution in [2.45, 2.75) is 209 Å². The number of primary amides is 1. The molecule has 3 fully saturated rings. The molecule has 10 rings (SSSR count). The Morgan fingerprint density at radius 3 is 1.59 bits per heavy atom. The van der Waals surface area contributed by atoms with Crippen LogP contribution in [0.3, 0.4) is 0 Å². The number of aliphatic hydroxyl groups excluding tert-OH is 2. The molecule has 138 heavy (non-hydrogen) atoms. The van der Waals surface area contributed by atoms with Crippen molar-refractivity contribution in [3.8, 4) is 11.5 Å². The number of phenols is 1. The number of rotatable bonds is 24. The Balaban J connectivity index is 1.07. The zero-order chi connectivity index (χ0) is 100. The number of carboxylic acid groups (broad SMARTS) is 1. The predicted molar refractivity (Wildman–Crippen MR) is 504 cm³/mol. The maximum atomic E-state index is 15.9. The fraction of sp³-hybridized carbons (Fsp3) is 0.449. The monoisotopic (exact) mass is 1930 g/mol. The van der Waals surface area contributed by atoms with Gasteiger partial charge >= 0.3 is 5.97 Å². The van der Waals surface area contributed by atoms with E-state index >= 15 is 57.1 Å². The number of para-hydroxylation sites is 1. The Kier molecular flexibility index (Phi) is 38.3. The summed E-state index contributed by atoms with van der Waals surface area (Å²) in [7, 11) is 5.19. The number of carbonyl (C=O) groups is 16. The van der Waals surface area contributed by atoms with Crippen LogP contribution in [0.5, 0.6) is 11.5 Å². The summed E-state index contributed by atoms with van der Waals surface area (Å²) in [5.74, 6) is -21.4. The molecule has 15 atom stereocenters. The van der Waals surface area contributed by atoms with Gasteiger partial charge in [-0.15, -0.1) is 11.8 Å². The molecular weight excluding hydrogens is 1810 g/mol. The molecule has 0 radical (unpaired) electrons. The van der Waals surface area contributed by atoms with Crippen LogP contribution >= 0.6 is 11.8 Å². The van der Waals surface area contributed by atoms with Crippen molar-refractivity contribution in [1.82, 2.24) is 77.3 Å². The zero-order valence-electron chi connectivity index (χ0n) is 78.3. The molecule has 16 N–H and O–H groups in total. The predicted octanol–water partition coefficient (Wildman–Crippen LogP) is 1.91. The lowest BCUT2D eigenvalue weighted by molar-refractivity contribution is -0.152. The lowest BCUT2D eigenvalue weighted by atomic mass is 9.98. The van der Waals surface area contributed by atoms with Crippen LogP contribution in [-0.4, -0.2) is 295 Å². The van der Waals surface area contributed by atoms with Gasteiger partial charge in [-0.3, -0.25) is 76.7 Å². The second-order valence-electron chi connectivity index (χ2n) is 35.8. The Bertz CT molecular complexity index is 5510. The van der Waals surface area contributed by atoms with Gasteiger partial charge in [0.25, 0.3) is 0 Å². The van der Waals surface area contributed by atoms with Gasteiger partial charge in [0.15, 0.2) is 11.6 Å². The van der Waals surface area contributed by atoms with Crippen LogP contribution in [-0.2, 0) is 115 Å². The van der Waals surface area contributed by atoms with Gasteiger partial charge in [-0.2, -0.15) is 0 Å². The van der Waals surface area contributed by atoms with E-state index in [1.165, 1.54) is 66.4 Å². The summed E-state index contributed by atoms with van der Waals surface area (Å²) in [5.41, 5.74) is 8.25. The average molecular weight is 1930 g/mol. The molecule has 1 aromatic heterocycles. The number of aliphatic carboxylic acids is 1. The van der Waals surface area contributed by atoms with Gasteiger partial charge in [0, 0.05) is 108 Å². The second kappa shape index (κ2) is 49.7. The number of hydrogen-bond donors (Lipinski definition) is 15. The summed E-state index contributed by atoms with van der Waals surface area (Å²) in [6.45, 7) is 6.46. The fourth-order valence-corrected chi connectivity index (χ4v) is 17.9. The van der Waals surface area contributed by atoms with E-state index in [0.29, 0.717) is 62.7 Å². The standard InChI is InChI=1S/C98H122F2N16O21S/c1-10-11-26-77-97(135)116-51-64(119)46-80(116)93(131)108-73(47-84(122)123)90(128)111-85(55(4)5)98(136)113(7)78(42-56-20-14-12-15-21-56)91(129)109-75(40-59-29-34-65(137-9)35-30-59)95(133)115-50-63(118)45-79(115)92(130)107-72(44-61-48-102-69-25-19-18-24-66(61)69)89(127)106-71(39-58-27-32-62(117)33-28-58)88(126)105-70(37-54(2)3)87(125)110-76(86(124)103-49-82(101)120)52-138-53-83(121)104-74(41-60-31-36-67(99)68(100)38-60)94(132)114(8)81(96(134)112(77)6)43-57-22-16-13-17-23-57/h12-25,27-36,38,48,54-55,63-64,70-81,85,102,117-119H,10-11,26,37,39-47,49-53H2,1-9H3,(H2,101,120)(H,103,124)(H,104,121)(H,105,126)(H,106,127)(H,107,130)(H,108,131)(H,109,129)(H,110,125)(H,111,128)(H,122,123)/t63-,64-,70-,71-,72-,73-,74-,75-,76-,77-,78+,79+,80+,81?,85-/m0/s1. The number of nitrogens with zero attached hydrogens (tertiary/aromatic N) is 5. The number of carbonyl (C=O) groups excluding carboxylic acids is 15. The summed E-state index contributed by atoms with van der Waals surface area (Å²) in [6.07, 6.45) is -4.98. The SMILES string of the molecule is CCCC[C@H]1C(=O)N2C[C@@H](O)C[C@@H]2C(=O)N[C@@H](CC(=O)O)C(=O)N[C@@H](C(C)C)C(=O)N(C)[C@H](Cc2ccccc2)C(=O)N[C@@H](Cc2ccc(OC)cc2)C(=O)N2C[C@@H](O)C[C@@H]2C(=O)N[C@@H](Cc2c[nH]c3ccccc23)C(=O)N[C@@H](Cc2ccc(O)cc2)C(=O)N[C@@H](CC(C)C)C(=O)N[C@H](C(=O)NCC(N)=O)CSCC(=O)N[C@@H](Cc2ccc(F)c(F)c2)C(=O)N(C)C(Cc2ccccc2)C(=O)N1C. The molecule has 0 aliphatic carbocycles. The number of aromatic nitrogens is 1. The molecule has 37 nitrogen and oxygen atoms in total. The molecular formula is C98H122F2N16O21S. The van der Waals surface area contributed by atoms with E-state index in [4.69, 9.17) is 10.5 Å². The average Bonchev–Trinajstić information content (AvgIpc) is 1.56. The van der Waals surface area contributed by atoms with E-state index in [1.54, 1.807) is 136 Å². The van der Waals surface area contributed by atoms with Gasteiger partial charge in [-0.05, 0) is 101 Å². The number of unbranched alkanes of at least 4 members (excludes halogenated alkanes) is 1. The first-order valence-electron chi connectivity index (χ1n) is 45.7. The van der Waals surface area contributed by atoms with Gasteiger partial charge in [-0.1, -0.05) is 157 Å². The molecule has 740 valence electrons. The van der Waals surface area contributed by atoms with Crippen LogP contribution in [0.2, 0.25) is 0 Å². The zero-order valence-corrected chi connectivity index (χ0v) is 79.1. The number of fused-ring (bicyclic) bond motifs is 3. The molecule has 0 saturated carbocycles. The number of nitrogens with two attached hydrogens (primary N) is 1. The number of aromatic hydroxyl groups is 1. The van der Waals surface area contributed by atoms with Crippen LogP contribution in [0.1, 0.15) is 113 Å². The van der Waals surface area contributed by atoms with Crippen molar-refractivity contribution >= 4 is 117 Å². The third kappa shape index (κ3) is 29.1. The first kappa shape index (κ1) is 106. The number of aliphatic hydroxyl groups is 2. The van der Waals surface area contributed by atoms with E-state index < -0.39 is 266 Å². The number of likely N-dealkylation sites (N-methyl/N-ethyl adjacent to an activating group) is 3. The lowest BCUT2D eigenvalue weighted by Crippen LogP contribution is -2.62. The Morgan fingerprint density at radius 2 is 1.01 bits per heavy atom. The molecule has 6 aromatic carbocycles. The molecule has 15 amide bonds. The smallest absolute Gasteiger partial charge is 0.305 e. The molecule has 4 heterocycles. The number of aromatic amines is 1.